The van der Waals surface area contributed by atoms with Crippen molar-refractivity contribution in [3.63, 3.8) is 0 Å². The van der Waals surface area contributed by atoms with Crippen LogP contribution in [0.25, 0.3) is 9.75 Å². The standard InChI is InChI=1S/C14H14O6S2.C8H6S2.2CH5N3/c15-21(16,17)13-7-3-11(4-8-13)1-2-12-5-9-14(10-6-12)22(18,19)20;1-3-7(9-5-1)8-4-2-6-10-8;2*2-1(3)4/h3-10H,1-2H2,(H,15,16,17)(H,18,19,20);1-6H;2*(H5,2,3,4). The van der Waals surface area contributed by atoms with Crippen molar-refractivity contribution in [2.45, 2.75) is 22.6 Å². The van der Waals surface area contributed by atoms with E-state index in [2.05, 4.69) is 68.8 Å². The molecule has 4 rings (SSSR count). The molecule has 16 heteroatoms. The molecule has 2 aromatic heterocycles. The highest BCUT2D eigenvalue weighted by Crippen LogP contribution is 2.28. The van der Waals surface area contributed by atoms with Crippen molar-refractivity contribution in [3.05, 3.63) is 94.7 Å². The van der Waals surface area contributed by atoms with Crippen molar-refractivity contribution in [1.82, 2.24) is 0 Å². The molecule has 0 aliphatic carbocycles. The molecular weight excluding hydrogens is 597 g/mol. The Balaban J connectivity index is 0.000000362. The van der Waals surface area contributed by atoms with Crippen molar-refractivity contribution < 1.29 is 36.8 Å². The second-order valence-electron chi connectivity index (χ2n) is 7.65. The number of aryl methyl sites for hydroxylation is 2. The highest BCUT2D eigenvalue weighted by Gasteiger charge is 2.03. The first kappa shape index (κ1) is 34.2. The summed E-state index contributed by atoms with van der Waals surface area (Å²) in [6.45, 7) is 0. The molecule has 0 amide bonds. The van der Waals surface area contributed by atoms with E-state index in [1.807, 2.05) is 0 Å². The van der Waals surface area contributed by atoms with Crippen LogP contribution < -0.4 is 33.8 Å². The number of rotatable bonds is 6. The van der Waals surface area contributed by atoms with Crippen LogP contribution in [-0.2, 0) is 33.1 Å². The predicted octanol–water partition coefficient (Wildman–Crippen LogP) is -1.21. The number of guanidine groups is 2. The maximum Gasteiger partial charge on any atom is 0.336 e. The third kappa shape index (κ3) is 14.4. The Morgan fingerprint density at radius 2 is 0.875 bits per heavy atom. The predicted molar refractivity (Wildman–Crippen MR) is 154 cm³/mol. The minimum Gasteiger partial charge on any atom is -0.744 e. The molecule has 0 fully saturated rings. The Hall–Kier alpha value is -3.80. The maximum absolute atomic E-state index is 10.8. The molecule has 12 nitrogen and oxygen atoms in total. The smallest absolute Gasteiger partial charge is 0.336 e. The summed E-state index contributed by atoms with van der Waals surface area (Å²) in [6.07, 6.45) is 1.17. The number of benzene rings is 2. The Bertz CT molecular complexity index is 1410. The summed E-state index contributed by atoms with van der Waals surface area (Å²) in [5.74, 6) is -0.167. The molecule has 0 atom stereocenters. The normalized spacial score (nSPS) is 10.4. The molecule has 12 N–H and O–H groups in total. The van der Waals surface area contributed by atoms with Gasteiger partial charge in [0.05, 0.1) is 9.79 Å². The van der Waals surface area contributed by atoms with E-state index in [-0.39, 0.29) is 21.7 Å². The van der Waals surface area contributed by atoms with Crippen LogP contribution in [0.1, 0.15) is 11.1 Å². The van der Waals surface area contributed by atoms with E-state index in [0.29, 0.717) is 12.8 Å². The van der Waals surface area contributed by atoms with Gasteiger partial charge >= 0.3 is 11.9 Å². The first-order valence-electron chi connectivity index (χ1n) is 11.0. The van der Waals surface area contributed by atoms with Crippen molar-refractivity contribution in [2.24, 2.45) is 22.9 Å². The molecule has 0 saturated carbocycles. The zero-order valence-corrected chi connectivity index (χ0v) is 24.3. The van der Waals surface area contributed by atoms with Gasteiger partial charge in [0.2, 0.25) is 0 Å². The van der Waals surface area contributed by atoms with Crippen LogP contribution in [0.3, 0.4) is 0 Å². The number of thiophene rings is 2. The van der Waals surface area contributed by atoms with Gasteiger partial charge in [-0.3, -0.25) is 33.8 Å². The molecule has 4 aromatic rings. The quantitative estimate of drug-likeness (QED) is 0.0844. The van der Waals surface area contributed by atoms with Crippen LogP contribution in [0.2, 0.25) is 0 Å². The first-order chi connectivity index (χ1) is 18.6. The average molecular weight is 627 g/mol. The van der Waals surface area contributed by atoms with Gasteiger partial charge in [-0.2, -0.15) is 0 Å². The SMILES string of the molecule is NC(N)=[NH2+].NC(N)=[NH2+].O=S(=O)([O-])c1ccc(CCc2ccc(S(=O)(=O)[O-])cc2)cc1.c1csc(-c2cccs2)c1. The van der Waals surface area contributed by atoms with Crippen molar-refractivity contribution in [3.8, 4) is 9.75 Å². The molecule has 0 aliphatic heterocycles. The zero-order valence-electron chi connectivity index (χ0n) is 21.0. The molecule has 0 saturated heterocycles. The average Bonchev–Trinajstić information content (AvgIpc) is 3.56. The molecule has 0 aliphatic rings. The Kier molecular flexibility index (Phi) is 14.0. The minimum absolute atomic E-state index is 0.0833. The van der Waals surface area contributed by atoms with Crippen molar-refractivity contribution in [2.75, 3.05) is 0 Å². The minimum atomic E-state index is -4.44. The summed E-state index contributed by atoms with van der Waals surface area (Å²) in [4.78, 5) is 2.19. The molecule has 0 unspecified atom stereocenters. The highest BCUT2D eigenvalue weighted by atomic mass is 32.2. The molecule has 2 aromatic carbocycles. The fraction of sp³-hybridized carbons (Fsp3) is 0.0833. The van der Waals surface area contributed by atoms with E-state index in [9.17, 15) is 25.9 Å². The number of nitrogens with two attached hydrogens (primary N) is 6. The van der Waals surface area contributed by atoms with Gasteiger partial charge in [-0.25, -0.2) is 16.8 Å². The molecule has 40 heavy (non-hydrogen) atoms. The van der Waals surface area contributed by atoms with Gasteiger partial charge in [0, 0.05) is 9.75 Å². The van der Waals surface area contributed by atoms with Gasteiger partial charge in [-0.05, 0) is 71.1 Å². The van der Waals surface area contributed by atoms with E-state index in [4.69, 9.17) is 0 Å². The molecule has 216 valence electrons. The molecular formula is C24H30N6O6S4. The van der Waals surface area contributed by atoms with Gasteiger partial charge < -0.3 is 9.11 Å². The third-order valence-corrected chi connectivity index (χ3v) is 8.05. The van der Waals surface area contributed by atoms with Crippen LogP contribution in [0.15, 0.2) is 93.3 Å². The topological polar surface area (TPSA) is 270 Å². The lowest BCUT2D eigenvalue weighted by Crippen LogP contribution is -2.51. The Labute approximate surface area is 240 Å². The van der Waals surface area contributed by atoms with E-state index in [0.717, 1.165) is 11.1 Å². The summed E-state index contributed by atoms with van der Waals surface area (Å²) < 4.78 is 64.8. The fourth-order valence-corrected chi connectivity index (χ4v) is 5.29. The monoisotopic (exact) mass is 626 g/mol. The van der Waals surface area contributed by atoms with Crippen molar-refractivity contribution >= 4 is 54.8 Å². The van der Waals surface area contributed by atoms with Crippen LogP contribution in [-0.4, -0.2) is 37.9 Å². The molecule has 0 radical (unpaired) electrons. The van der Waals surface area contributed by atoms with Crippen LogP contribution in [0.5, 0.6) is 0 Å². The third-order valence-electron chi connectivity index (χ3n) is 4.41. The fourth-order valence-electron chi connectivity index (χ4n) is 2.77. The Morgan fingerprint density at radius 1 is 0.600 bits per heavy atom. The van der Waals surface area contributed by atoms with Crippen LogP contribution >= 0.6 is 22.7 Å². The van der Waals surface area contributed by atoms with Gasteiger partial charge in [0.15, 0.2) is 0 Å². The molecule has 0 bridgehead atoms. The van der Waals surface area contributed by atoms with Gasteiger partial charge in [-0.15, -0.1) is 22.7 Å². The first-order valence-corrected chi connectivity index (χ1v) is 15.6. The van der Waals surface area contributed by atoms with Gasteiger partial charge in [-0.1, -0.05) is 36.4 Å². The lowest BCUT2D eigenvalue weighted by molar-refractivity contribution is -0.117. The summed E-state index contributed by atoms with van der Waals surface area (Å²) in [5, 5.41) is 13.4. The summed E-state index contributed by atoms with van der Waals surface area (Å²) >= 11 is 3.58. The second-order valence-corrected chi connectivity index (χ2v) is 12.3. The van der Waals surface area contributed by atoms with E-state index in [1.165, 1.54) is 34.0 Å². The Morgan fingerprint density at radius 3 is 1.07 bits per heavy atom. The van der Waals surface area contributed by atoms with E-state index >= 15 is 0 Å². The maximum atomic E-state index is 10.8. The summed E-state index contributed by atoms with van der Waals surface area (Å²) in [6, 6.07) is 19.7. The van der Waals surface area contributed by atoms with E-state index < -0.39 is 20.2 Å². The van der Waals surface area contributed by atoms with Crippen LogP contribution in [0.4, 0.5) is 0 Å². The molecule has 0 spiro atoms. The summed E-state index contributed by atoms with van der Waals surface area (Å²) in [7, 11) is -8.88. The van der Waals surface area contributed by atoms with Gasteiger partial charge in [0.25, 0.3) is 0 Å². The zero-order chi connectivity index (χ0) is 30.3. The second kappa shape index (κ2) is 16.3. The largest absolute Gasteiger partial charge is 0.744 e. The summed E-state index contributed by atoms with van der Waals surface area (Å²) in [5.41, 5.74) is 20.0. The highest BCUT2D eigenvalue weighted by molar-refractivity contribution is 7.86. The molecule has 2 heterocycles. The number of hydrogen-bond acceptors (Lipinski definition) is 8. The van der Waals surface area contributed by atoms with Gasteiger partial charge in [0.1, 0.15) is 20.2 Å². The van der Waals surface area contributed by atoms with E-state index in [1.54, 1.807) is 46.9 Å². The number of hydrogen-bond donors (Lipinski definition) is 6. The van der Waals surface area contributed by atoms with Crippen LogP contribution in [0, 0.1) is 0 Å². The lowest BCUT2D eigenvalue weighted by Gasteiger charge is -2.09. The lowest BCUT2D eigenvalue weighted by atomic mass is 10.0. The van der Waals surface area contributed by atoms with Crippen molar-refractivity contribution in [1.29, 1.82) is 0 Å².